The molecule has 0 saturated carbocycles. The third-order valence-electron chi connectivity index (χ3n) is 6.01. The highest BCUT2D eigenvalue weighted by molar-refractivity contribution is 7.92. The number of nitrogens with zero attached hydrogens (tertiary/aromatic N) is 2. The third kappa shape index (κ3) is 7.71. The number of nitrogens with one attached hydrogen (secondary N) is 1. The number of amides is 2. The second-order valence-corrected chi connectivity index (χ2v) is 10.6. The van der Waals surface area contributed by atoms with Crippen molar-refractivity contribution in [3.05, 3.63) is 59.7 Å². The zero-order valence-electron chi connectivity index (χ0n) is 21.4. The first-order valence-electron chi connectivity index (χ1n) is 11.8. The molecule has 0 spiro atoms. The number of methoxy groups -OCH3 is 1. The molecule has 1 N–H and O–H groups in total. The minimum atomic E-state index is -3.80. The van der Waals surface area contributed by atoms with Gasteiger partial charge in [0, 0.05) is 18.7 Å². The van der Waals surface area contributed by atoms with Crippen LogP contribution in [0.3, 0.4) is 0 Å². The molecule has 2 aromatic carbocycles. The molecule has 2 amide bonds. The lowest BCUT2D eigenvalue weighted by molar-refractivity contribution is -0.140. The third-order valence-corrected chi connectivity index (χ3v) is 7.15. The standard InChI is InChI=1S/C26H37N3O5S/c1-7-20(4)27-26(31)24(8-2)28(17-21-13-10-9-12-19(21)3)25(30)18-29(35(6,32)33)22-14-11-15-23(16-22)34-5/h9-16,20,24H,7-8,17-18H2,1-6H3,(H,27,31)/t20-,24-/m0/s1. The minimum Gasteiger partial charge on any atom is -0.497 e. The Morgan fingerprint density at radius 3 is 2.31 bits per heavy atom. The molecule has 0 heterocycles. The van der Waals surface area contributed by atoms with E-state index in [9.17, 15) is 18.0 Å². The molecule has 2 atom stereocenters. The van der Waals surface area contributed by atoms with Gasteiger partial charge in [-0.05, 0) is 49.9 Å². The average molecular weight is 504 g/mol. The van der Waals surface area contributed by atoms with E-state index < -0.39 is 28.5 Å². The minimum absolute atomic E-state index is 0.0451. The number of benzene rings is 2. The van der Waals surface area contributed by atoms with Crippen molar-refractivity contribution in [1.29, 1.82) is 0 Å². The van der Waals surface area contributed by atoms with Crippen LogP contribution < -0.4 is 14.4 Å². The van der Waals surface area contributed by atoms with Crippen LogP contribution in [0.5, 0.6) is 5.75 Å². The van der Waals surface area contributed by atoms with Crippen LogP contribution in [0.25, 0.3) is 0 Å². The van der Waals surface area contributed by atoms with Crippen molar-refractivity contribution in [2.75, 3.05) is 24.2 Å². The molecule has 0 radical (unpaired) electrons. The number of hydrogen-bond acceptors (Lipinski definition) is 5. The molecular weight excluding hydrogens is 466 g/mol. The van der Waals surface area contributed by atoms with Crippen molar-refractivity contribution >= 4 is 27.5 Å². The Morgan fingerprint density at radius 2 is 1.74 bits per heavy atom. The summed E-state index contributed by atoms with van der Waals surface area (Å²) >= 11 is 0. The number of hydrogen-bond donors (Lipinski definition) is 1. The van der Waals surface area contributed by atoms with Gasteiger partial charge in [0.2, 0.25) is 21.8 Å². The van der Waals surface area contributed by atoms with Crippen LogP contribution in [0.2, 0.25) is 0 Å². The Labute approximate surface area is 209 Å². The van der Waals surface area contributed by atoms with Crippen LogP contribution in [-0.2, 0) is 26.2 Å². The van der Waals surface area contributed by atoms with Gasteiger partial charge in [0.25, 0.3) is 0 Å². The fourth-order valence-electron chi connectivity index (χ4n) is 3.71. The largest absolute Gasteiger partial charge is 0.497 e. The molecule has 0 saturated heterocycles. The van der Waals surface area contributed by atoms with Gasteiger partial charge in [0.05, 0.1) is 19.1 Å². The van der Waals surface area contributed by atoms with E-state index in [4.69, 9.17) is 4.74 Å². The number of sulfonamides is 1. The van der Waals surface area contributed by atoms with E-state index in [2.05, 4.69) is 5.32 Å². The quantitative estimate of drug-likeness (QED) is 0.478. The van der Waals surface area contributed by atoms with Gasteiger partial charge >= 0.3 is 0 Å². The van der Waals surface area contributed by atoms with E-state index in [0.717, 1.165) is 28.1 Å². The van der Waals surface area contributed by atoms with Crippen LogP contribution in [0.1, 0.15) is 44.7 Å². The fraction of sp³-hybridized carbons (Fsp3) is 0.462. The van der Waals surface area contributed by atoms with Gasteiger partial charge in [-0.2, -0.15) is 0 Å². The van der Waals surface area contributed by atoms with Gasteiger partial charge in [-0.3, -0.25) is 13.9 Å². The maximum atomic E-state index is 13.7. The highest BCUT2D eigenvalue weighted by Gasteiger charge is 2.32. The number of rotatable bonds is 12. The van der Waals surface area contributed by atoms with Crippen LogP contribution in [0.15, 0.2) is 48.5 Å². The number of carbonyl (C=O) groups excluding carboxylic acids is 2. The molecule has 0 aliphatic heterocycles. The van der Waals surface area contributed by atoms with Gasteiger partial charge in [-0.25, -0.2) is 8.42 Å². The Bertz CT molecular complexity index is 1120. The first-order valence-corrected chi connectivity index (χ1v) is 13.6. The summed E-state index contributed by atoms with van der Waals surface area (Å²) in [6.07, 6.45) is 2.20. The van der Waals surface area contributed by atoms with Gasteiger partial charge in [0.1, 0.15) is 18.3 Å². The molecule has 0 aromatic heterocycles. The van der Waals surface area contributed by atoms with Gasteiger partial charge in [-0.15, -0.1) is 0 Å². The molecule has 0 unspecified atom stereocenters. The summed E-state index contributed by atoms with van der Waals surface area (Å²) in [6, 6.07) is 13.4. The van der Waals surface area contributed by atoms with E-state index in [-0.39, 0.29) is 18.5 Å². The van der Waals surface area contributed by atoms with E-state index in [1.807, 2.05) is 52.0 Å². The van der Waals surface area contributed by atoms with Crippen molar-refractivity contribution in [3.63, 3.8) is 0 Å². The van der Waals surface area contributed by atoms with Gasteiger partial charge in [-0.1, -0.05) is 44.2 Å². The van der Waals surface area contributed by atoms with Gasteiger partial charge in [0.15, 0.2) is 0 Å². The molecule has 2 aromatic rings. The maximum absolute atomic E-state index is 13.7. The van der Waals surface area contributed by atoms with Crippen LogP contribution in [0.4, 0.5) is 5.69 Å². The first kappa shape index (κ1) is 28.2. The Hall–Kier alpha value is -3.07. The number of anilines is 1. The van der Waals surface area contributed by atoms with Crippen LogP contribution >= 0.6 is 0 Å². The van der Waals surface area contributed by atoms with Crippen molar-refractivity contribution in [2.45, 2.75) is 59.2 Å². The summed E-state index contributed by atoms with van der Waals surface area (Å²) in [5.41, 5.74) is 2.19. The first-order chi connectivity index (χ1) is 16.5. The van der Waals surface area contributed by atoms with Crippen molar-refractivity contribution in [1.82, 2.24) is 10.2 Å². The zero-order chi connectivity index (χ0) is 26.2. The highest BCUT2D eigenvalue weighted by Crippen LogP contribution is 2.24. The number of aryl methyl sites for hydroxylation is 1. The summed E-state index contributed by atoms with van der Waals surface area (Å²) in [5.74, 6) is -0.247. The molecule has 192 valence electrons. The van der Waals surface area contributed by atoms with E-state index in [1.165, 1.54) is 12.0 Å². The zero-order valence-corrected chi connectivity index (χ0v) is 22.3. The summed E-state index contributed by atoms with van der Waals surface area (Å²) in [5, 5.41) is 2.97. The topological polar surface area (TPSA) is 96.0 Å². The van der Waals surface area contributed by atoms with Crippen molar-refractivity contribution in [2.24, 2.45) is 0 Å². The molecule has 0 aliphatic carbocycles. The SMILES string of the molecule is CC[C@H](C)NC(=O)[C@H](CC)N(Cc1ccccc1C)C(=O)CN(c1cccc(OC)c1)S(C)(=O)=O. The molecule has 2 rings (SSSR count). The second kappa shape index (κ2) is 12.6. The maximum Gasteiger partial charge on any atom is 0.244 e. The predicted molar refractivity (Wildman–Crippen MR) is 139 cm³/mol. The summed E-state index contributed by atoms with van der Waals surface area (Å²) in [4.78, 5) is 28.3. The molecule has 0 aliphatic rings. The summed E-state index contributed by atoms with van der Waals surface area (Å²) in [7, 11) is -2.31. The summed E-state index contributed by atoms with van der Waals surface area (Å²) < 4.78 is 31.7. The lowest BCUT2D eigenvalue weighted by atomic mass is 10.1. The van der Waals surface area contributed by atoms with E-state index in [1.54, 1.807) is 24.3 Å². The Kier molecular flexibility index (Phi) is 10.1. The average Bonchev–Trinajstić information content (AvgIpc) is 2.82. The summed E-state index contributed by atoms with van der Waals surface area (Å²) in [6.45, 7) is 7.41. The lowest BCUT2D eigenvalue weighted by Crippen LogP contribution is -2.53. The monoisotopic (exact) mass is 503 g/mol. The number of ether oxygens (including phenoxy) is 1. The molecule has 8 nitrogen and oxygen atoms in total. The lowest BCUT2D eigenvalue weighted by Gasteiger charge is -2.33. The number of carbonyl (C=O) groups is 2. The molecule has 9 heteroatoms. The molecule has 0 bridgehead atoms. The van der Waals surface area contributed by atoms with Crippen LogP contribution in [0, 0.1) is 6.92 Å². The van der Waals surface area contributed by atoms with E-state index >= 15 is 0 Å². The van der Waals surface area contributed by atoms with E-state index in [0.29, 0.717) is 17.9 Å². The normalized spacial score (nSPS) is 13.0. The van der Waals surface area contributed by atoms with Gasteiger partial charge < -0.3 is 15.0 Å². The highest BCUT2D eigenvalue weighted by atomic mass is 32.2. The Morgan fingerprint density at radius 1 is 1.06 bits per heavy atom. The van der Waals surface area contributed by atoms with Crippen molar-refractivity contribution in [3.8, 4) is 5.75 Å². The molecule has 0 fully saturated rings. The van der Waals surface area contributed by atoms with Crippen LogP contribution in [-0.4, -0.2) is 57.1 Å². The molecular formula is C26H37N3O5S. The second-order valence-electron chi connectivity index (χ2n) is 8.66. The smallest absolute Gasteiger partial charge is 0.244 e. The fourth-order valence-corrected chi connectivity index (χ4v) is 4.55. The van der Waals surface area contributed by atoms with Crippen molar-refractivity contribution < 1.29 is 22.7 Å². The predicted octanol–water partition coefficient (Wildman–Crippen LogP) is 3.49. The molecule has 35 heavy (non-hydrogen) atoms. The Balaban J connectivity index is 2.46.